The molecule has 112 valence electrons. The van der Waals surface area contributed by atoms with Crippen molar-refractivity contribution in [3.8, 4) is 0 Å². The predicted octanol–water partition coefficient (Wildman–Crippen LogP) is 5.62. The number of Topliss-reactive ketones (excluding diaryl/α,β-unsaturated/α-hetero) is 1. The van der Waals surface area contributed by atoms with Crippen LogP contribution >= 0.6 is 0 Å². The molecule has 0 N–H and O–H groups in total. The van der Waals surface area contributed by atoms with Crippen molar-refractivity contribution in [1.82, 2.24) is 0 Å². The maximum atomic E-state index is 11.8. The molecule has 1 aliphatic rings. The molecule has 0 amide bonds. The fraction of sp³-hybridized carbons (Fsp3) is 0.944. The molecular weight excluding hydrogens is 232 g/mol. The summed E-state index contributed by atoms with van der Waals surface area (Å²) in [5.74, 6) is 3.21. The molecule has 1 fully saturated rings. The van der Waals surface area contributed by atoms with Gasteiger partial charge in [-0.15, -0.1) is 0 Å². The largest absolute Gasteiger partial charge is 0.299 e. The zero-order valence-corrected chi connectivity index (χ0v) is 13.8. The fourth-order valence-corrected chi connectivity index (χ4v) is 3.24. The van der Waals surface area contributed by atoms with E-state index in [0.717, 1.165) is 30.6 Å². The Hall–Kier alpha value is -0.330. The van der Waals surface area contributed by atoms with Gasteiger partial charge in [0.05, 0.1) is 0 Å². The van der Waals surface area contributed by atoms with Gasteiger partial charge in [-0.25, -0.2) is 0 Å². The molecule has 0 bridgehead atoms. The summed E-state index contributed by atoms with van der Waals surface area (Å²) in [5, 5.41) is 0. The average Bonchev–Trinajstić information content (AvgIpc) is 2.33. The molecule has 0 radical (unpaired) electrons. The summed E-state index contributed by atoms with van der Waals surface area (Å²) in [7, 11) is 0. The van der Waals surface area contributed by atoms with Crippen molar-refractivity contribution in [3.05, 3.63) is 0 Å². The minimum absolute atomic E-state index is 0.144. The van der Waals surface area contributed by atoms with E-state index in [1.165, 1.54) is 38.5 Å². The highest BCUT2D eigenvalue weighted by Crippen LogP contribution is 2.35. The SMILES string of the molecule is CC(C)C1CCC(CCCCC(=O)C(C)(C)C)CC1. The fourth-order valence-electron chi connectivity index (χ4n) is 3.24. The van der Waals surface area contributed by atoms with Crippen LogP contribution < -0.4 is 0 Å². The lowest BCUT2D eigenvalue weighted by Gasteiger charge is -2.30. The summed E-state index contributed by atoms with van der Waals surface area (Å²) >= 11 is 0. The van der Waals surface area contributed by atoms with Gasteiger partial charge in [0.1, 0.15) is 5.78 Å². The number of unbranched alkanes of at least 4 members (excludes halogenated alkanes) is 1. The van der Waals surface area contributed by atoms with Gasteiger partial charge in [-0.2, -0.15) is 0 Å². The summed E-state index contributed by atoms with van der Waals surface area (Å²) in [5.41, 5.74) is -0.144. The van der Waals surface area contributed by atoms with Gasteiger partial charge >= 0.3 is 0 Å². The first-order chi connectivity index (χ1) is 8.80. The molecule has 1 heteroatoms. The van der Waals surface area contributed by atoms with Crippen LogP contribution in [0, 0.1) is 23.2 Å². The van der Waals surface area contributed by atoms with Crippen molar-refractivity contribution in [2.24, 2.45) is 23.2 Å². The van der Waals surface area contributed by atoms with Gasteiger partial charge in [-0.05, 0) is 37.0 Å². The lowest BCUT2D eigenvalue weighted by atomic mass is 9.75. The number of hydrogen-bond acceptors (Lipinski definition) is 1. The Labute approximate surface area is 120 Å². The molecule has 1 rings (SSSR count). The van der Waals surface area contributed by atoms with E-state index in [9.17, 15) is 4.79 Å². The lowest BCUT2D eigenvalue weighted by molar-refractivity contribution is -0.126. The van der Waals surface area contributed by atoms with Crippen LogP contribution in [0.15, 0.2) is 0 Å². The van der Waals surface area contributed by atoms with Gasteiger partial charge in [0.2, 0.25) is 0 Å². The second kappa shape index (κ2) is 7.45. The quantitative estimate of drug-likeness (QED) is 0.570. The average molecular weight is 266 g/mol. The molecule has 1 saturated carbocycles. The monoisotopic (exact) mass is 266 g/mol. The first-order valence-electron chi connectivity index (χ1n) is 8.34. The maximum Gasteiger partial charge on any atom is 0.138 e. The van der Waals surface area contributed by atoms with Crippen LogP contribution in [0.2, 0.25) is 0 Å². The third-order valence-corrected chi connectivity index (χ3v) is 4.94. The van der Waals surface area contributed by atoms with Crippen LogP contribution in [-0.2, 0) is 4.79 Å². The topological polar surface area (TPSA) is 17.1 Å². The van der Waals surface area contributed by atoms with Crippen molar-refractivity contribution in [2.45, 2.75) is 86.0 Å². The molecular formula is C18H34O. The number of carbonyl (C=O) groups excluding carboxylic acids is 1. The predicted molar refractivity (Wildman–Crippen MR) is 83.2 cm³/mol. The molecule has 0 unspecified atom stereocenters. The molecule has 0 aliphatic heterocycles. The van der Waals surface area contributed by atoms with E-state index in [2.05, 4.69) is 13.8 Å². The Morgan fingerprint density at radius 2 is 1.63 bits per heavy atom. The van der Waals surface area contributed by atoms with E-state index in [1.807, 2.05) is 20.8 Å². The second-order valence-electron chi connectivity index (χ2n) is 7.94. The van der Waals surface area contributed by atoms with Gasteiger partial charge in [0, 0.05) is 11.8 Å². The number of carbonyl (C=O) groups is 1. The highest BCUT2D eigenvalue weighted by atomic mass is 16.1. The van der Waals surface area contributed by atoms with Gasteiger partial charge in [-0.1, -0.05) is 60.3 Å². The first-order valence-corrected chi connectivity index (χ1v) is 8.34. The standard InChI is InChI=1S/C18H34O/c1-14(2)16-12-10-15(11-13-16)8-6-7-9-17(19)18(3,4)5/h14-16H,6-13H2,1-5H3. The van der Waals surface area contributed by atoms with Crippen LogP contribution in [0.25, 0.3) is 0 Å². The molecule has 0 saturated heterocycles. The van der Waals surface area contributed by atoms with Crippen LogP contribution in [-0.4, -0.2) is 5.78 Å². The minimum Gasteiger partial charge on any atom is -0.299 e. The molecule has 0 atom stereocenters. The summed E-state index contributed by atoms with van der Waals surface area (Å²) in [6.45, 7) is 10.8. The third kappa shape index (κ3) is 6.10. The van der Waals surface area contributed by atoms with E-state index in [0.29, 0.717) is 5.78 Å². The molecule has 1 nitrogen and oxygen atoms in total. The highest BCUT2D eigenvalue weighted by molar-refractivity contribution is 5.83. The zero-order chi connectivity index (χ0) is 14.5. The van der Waals surface area contributed by atoms with Crippen LogP contribution in [0.5, 0.6) is 0 Å². The Balaban J connectivity index is 2.10. The van der Waals surface area contributed by atoms with Gasteiger partial charge < -0.3 is 0 Å². The number of ketones is 1. The molecule has 0 aromatic rings. The smallest absolute Gasteiger partial charge is 0.138 e. The molecule has 1 aliphatic carbocycles. The van der Waals surface area contributed by atoms with Crippen LogP contribution in [0.4, 0.5) is 0 Å². The molecule has 0 spiro atoms. The first kappa shape index (κ1) is 16.7. The van der Waals surface area contributed by atoms with Crippen molar-refractivity contribution in [2.75, 3.05) is 0 Å². The van der Waals surface area contributed by atoms with E-state index in [1.54, 1.807) is 0 Å². The van der Waals surface area contributed by atoms with Crippen molar-refractivity contribution in [3.63, 3.8) is 0 Å². The Morgan fingerprint density at radius 1 is 1.05 bits per heavy atom. The third-order valence-electron chi connectivity index (χ3n) is 4.94. The number of hydrogen-bond donors (Lipinski definition) is 0. The van der Waals surface area contributed by atoms with E-state index in [4.69, 9.17) is 0 Å². The van der Waals surface area contributed by atoms with Gasteiger partial charge in [0.15, 0.2) is 0 Å². The minimum atomic E-state index is -0.144. The summed E-state index contributed by atoms with van der Waals surface area (Å²) in [4.78, 5) is 11.8. The molecule has 0 heterocycles. The second-order valence-corrected chi connectivity index (χ2v) is 7.94. The number of rotatable bonds is 6. The summed E-state index contributed by atoms with van der Waals surface area (Å²) in [6.07, 6.45) is 10.2. The molecule has 19 heavy (non-hydrogen) atoms. The normalized spacial score (nSPS) is 24.7. The lowest BCUT2D eigenvalue weighted by Crippen LogP contribution is -2.20. The molecule has 0 aromatic carbocycles. The zero-order valence-electron chi connectivity index (χ0n) is 13.8. The summed E-state index contributed by atoms with van der Waals surface area (Å²) in [6, 6.07) is 0. The molecule has 0 aromatic heterocycles. The van der Waals surface area contributed by atoms with Crippen molar-refractivity contribution < 1.29 is 4.79 Å². The van der Waals surface area contributed by atoms with Gasteiger partial charge in [-0.3, -0.25) is 4.79 Å². The van der Waals surface area contributed by atoms with Gasteiger partial charge in [0.25, 0.3) is 0 Å². The van der Waals surface area contributed by atoms with Crippen LogP contribution in [0.3, 0.4) is 0 Å². The van der Waals surface area contributed by atoms with E-state index < -0.39 is 0 Å². The van der Waals surface area contributed by atoms with Crippen molar-refractivity contribution in [1.29, 1.82) is 0 Å². The van der Waals surface area contributed by atoms with Crippen LogP contribution in [0.1, 0.15) is 86.0 Å². The Kier molecular flexibility index (Phi) is 6.56. The summed E-state index contributed by atoms with van der Waals surface area (Å²) < 4.78 is 0. The van der Waals surface area contributed by atoms with Crippen molar-refractivity contribution >= 4 is 5.78 Å². The highest BCUT2D eigenvalue weighted by Gasteiger charge is 2.23. The van der Waals surface area contributed by atoms with E-state index >= 15 is 0 Å². The Bertz CT molecular complexity index is 264. The maximum absolute atomic E-state index is 11.8. The Morgan fingerprint density at radius 3 is 2.11 bits per heavy atom. The van der Waals surface area contributed by atoms with E-state index in [-0.39, 0.29) is 5.41 Å².